The smallest absolute Gasteiger partial charge is 0.322 e. The normalized spacial score (nSPS) is 20.2. The first-order valence-electron chi connectivity index (χ1n) is 4.96. The second-order valence-electron chi connectivity index (χ2n) is 3.48. The van der Waals surface area contributed by atoms with Crippen molar-refractivity contribution < 1.29 is 9.47 Å². The summed E-state index contributed by atoms with van der Waals surface area (Å²) in [4.78, 5) is 14.0. The lowest BCUT2D eigenvalue weighted by Crippen LogP contribution is -2.24. The number of hydrogen-bond acceptors (Lipinski definition) is 6. The number of halogens is 1. The topological polar surface area (TPSA) is 60.4 Å². The molecule has 6 nitrogen and oxygen atoms in total. The quantitative estimate of drug-likeness (QED) is 0.782. The third-order valence-corrected chi connectivity index (χ3v) is 2.69. The van der Waals surface area contributed by atoms with Crippen molar-refractivity contribution in [2.24, 2.45) is 0 Å². The molecule has 1 aromatic heterocycles. The van der Waals surface area contributed by atoms with E-state index in [-0.39, 0.29) is 17.4 Å². The highest BCUT2D eigenvalue weighted by Gasteiger charge is 2.24. The van der Waals surface area contributed by atoms with Crippen LogP contribution in [0.25, 0.3) is 0 Å². The molecule has 1 aliphatic heterocycles. The van der Waals surface area contributed by atoms with Crippen molar-refractivity contribution in [2.75, 3.05) is 32.2 Å². The predicted molar refractivity (Wildman–Crippen MR) is 59.0 cm³/mol. The average Bonchev–Trinajstić information content (AvgIpc) is 2.76. The molecule has 2 rings (SSSR count). The molecule has 0 aromatic carbocycles. The van der Waals surface area contributed by atoms with E-state index in [1.807, 2.05) is 4.90 Å². The molecule has 2 heterocycles. The maximum Gasteiger partial charge on any atom is 0.322 e. The van der Waals surface area contributed by atoms with Crippen molar-refractivity contribution in [3.63, 3.8) is 0 Å². The number of rotatable bonds is 3. The molecule has 0 N–H and O–H groups in total. The SMILES string of the molecule is COc1nc(Cl)nc(N2CCC(OC)C2)n1. The van der Waals surface area contributed by atoms with E-state index < -0.39 is 0 Å². The zero-order valence-electron chi connectivity index (χ0n) is 9.18. The highest BCUT2D eigenvalue weighted by Crippen LogP contribution is 2.20. The summed E-state index contributed by atoms with van der Waals surface area (Å²) in [5.74, 6) is 0.538. The van der Waals surface area contributed by atoms with Crippen molar-refractivity contribution in [1.29, 1.82) is 0 Å². The Hall–Kier alpha value is -1.14. The fraction of sp³-hybridized carbons (Fsp3) is 0.667. The molecule has 1 unspecified atom stereocenters. The minimum Gasteiger partial charge on any atom is -0.467 e. The Morgan fingerprint density at radius 2 is 2.12 bits per heavy atom. The lowest BCUT2D eigenvalue weighted by molar-refractivity contribution is 0.121. The second kappa shape index (κ2) is 4.80. The monoisotopic (exact) mass is 244 g/mol. The zero-order valence-corrected chi connectivity index (χ0v) is 9.94. The van der Waals surface area contributed by atoms with Gasteiger partial charge in [0.1, 0.15) is 0 Å². The van der Waals surface area contributed by atoms with Crippen LogP contribution in [0.5, 0.6) is 6.01 Å². The number of ether oxygens (including phenoxy) is 2. The van der Waals surface area contributed by atoms with Crippen molar-refractivity contribution in [3.8, 4) is 6.01 Å². The van der Waals surface area contributed by atoms with Gasteiger partial charge >= 0.3 is 6.01 Å². The first-order valence-corrected chi connectivity index (χ1v) is 5.34. The van der Waals surface area contributed by atoms with Crippen LogP contribution in [0.1, 0.15) is 6.42 Å². The third kappa shape index (κ3) is 2.33. The summed E-state index contributed by atoms with van der Waals surface area (Å²) in [6, 6.07) is 0.232. The predicted octanol–water partition coefficient (Wildman–Crippen LogP) is 0.759. The van der Waals surface area contributed by atoms with Gasteiger partial charge in [0.15, 0.2) is 0 Å². The van der Waals surface area contributed by atoms with Gasteiger partial charge in [-0.05, 0) is 18.0 Å². The molecule has 1 aliphatic rings. The van der Waals surface area contributed by atoms with Crippen molar-refractivity contribution >= 4 is 17.5 Å². The van der Waals surface area contributed by atoms with E-state index in [1.165, 1.54) is 7.11 Å². The Labute approximate surface area is 98.6 Å². The molecule has 0 amide bonds. The summed E-state index contributed by atoms with van der Waals surface area (Å²) >= 11 is 5.78. The summed E-state index contributed by atoms with van der Waals surface area (Å²) in [6.45, 7) is 1.61. The van der Waals surface area contributed by atoms with E-state index in [9.17, 15) is 0 Å². The van der Waals surface area contributed by atoms with Gasteiger partial charge < -0.3 is 14.4 Å². The molecule has 0 saturated carbocycles. The Bertz CT molecular complexity index is 377. The summed E-state index contributed by atoms with van der Waals surface area (Å²) in [7, 11) is 3.20. The molecule has 88 valence electrons. The van der Waals surface area contributed by atoms with E-state index in [1.54, 1.807) is 7.11 Å². The van der Waals surface area contributed by atoms with Crippen LogP contribution in [0.2, 0.25) is 5.28 Å². The van der Waals surface area contributed by atoms with Gasteiger partial charge in [0.2, 0.25) is 11.2 Å². The maximum absolute atomic E-state index is 5.78. The first kappa shape index (κ1) is 11.3. The van der Waals surface area contributed by atoms with Crippen molar-refractivity contribution in [3.05, 3.63) is 5.28 Å². The maximum atomic E-state index is 5.78. The Morgan fingerprint density at radius 3 is 2.75 bits per heavy atom. The van der Waals surface area contributed by atoms with Gasteiger partial charge in [-0.2, -0.15) is 15.0 Å². The Morgan fingerprint density at radius 1 is 1.31 bits per heavy atom. The van der Waals surface area contributed by atoms with E-state index in [4.69, 9.17) is 21.1 Å². The van der Waals surface area contributed by atoms with Gasteiger partial charge in [-0.15, -0.1) is 0 Å². The molecule has 1 aromatic rings. The van der Waals surface area contributed by atoms with E-state index in [0.29, 0.717) is 5.95 Å². The second-order valence-corrected chi connectivity index (χ2v) is 3.82. The highest BCUT2D eigenvalue weighted by molar-refractivity contribution is 6.28. The molecule has 1 atom stereocenters. The summed E-state index contributed by atoms with van der Waals surface area (Å²) in [5, 5.41) is 0.141. The van der Waals surface area contributed by atoms with Crippen LogP contribution in [0.4, 0.5) is 5.95 Å². The lowest BCUT2D eigenvalue weighted by atomic mass is 10.3. The summed E-state index contributed by atoms with van der Waals surface area (Å²) < 4.78 is 10.2. The highest BCUT2D eigenvalue weighted by atomic mass is 35.5. The van der Waals surface area contributed by atoms with Gasteiger partial charge in [-0.3, -0.25) is 0 Å². The first-order chi connectivity index (χ1) is 7.72. The van der Waals surface area contributed by atoms with Crippen LogP contribution in [-0.2, 0) is 4.74 Å². The summed E-state index contributed by atoms with van der Waals surface area (Å²) in [6.07, 6.45) is 1.18. The van der Waals surface area contributed by atoms with E-state index in [0.717, 1.165) is 19.5 Å². The zero-order chi connectivity index (χ0) is 11.5. The molecule has 0 spiro atoms. The number of methoxy groups -OCH3 is 2. The Kier molecular flexibility index (Phi) is 3.40. The van der Waals surface area contributed by atoms with Crippen molar-refractivity contribution in [1.82, 2.24) is 15.0 Å². The number of aromatic nitrogens is 3. The fourth-order valence-corrected chi connectivity index (χ4v) is 1.80. The number of anilines is 1. The van der Waals surface area contributed by atoms with Crippen LogP contribution < -0.4 is 9.64 Å². The van der Waals surface area contributed by atoms with Crippen LogP contribution in [0.3, 0.4) is 0 Å². The minimum atomic E-state index is 0.141. The average molecular weight is 245 g/mol. The largest absolute Gasteiger partial charge is 0.467 e. The summed E-state index contributed by atoms with van der Waals surface area (Å²) in [5.41, 5.74) is 0. The van der Waals surface area contributed by atoms with Gasteiger partial charge in [0.25, 0.3) is 0 Å². The van der Waals surface area contributed by atoms with Crippen LogP contribution in [0.15, 0.2) is 0 Å². The van der Waals surface area contributed by atoms with Crippen LogP contribution in [-0.4, -0.2) is 48.4 Å². The van der Waals surface area contributed by atoms with Crippen LogP contribution >= 0.6 is 11.6 Å². The number of hydrogen-bond donors (Lipinski definition) is 0. The number of nitrogens with zero attached hydrogens (tertiary/aromatic N) is 4. The molecular weight excluding hydrogens is 232 g/mol. The molecule has 0 bridgehead atoms. The standard InChI is InChI=1S/C9H13ClN4O2/c1-15-6-3-4-14(5-6)8-11-7(10)12-9(13-8)16-2/h6H,3-5H2,1-2H3. The van der Waals surface area contributed by atoms with Crippen molar-refractivity contribution in [2.45, 2.75) is 12.5 Å². The molecular formula is C9H13ClN4O2. The van der Waals surface area contributed by atoms with Gasteiger partial charge in [-0.25, -0.2) is 0 Å². The molecule has 1 fully saturated rings. The Balaban J connectivity index is 2.17. The molecule has 0 radical (unpaired) electrons. The minimum absolute atomic E-state index is 0.141. The van der Waals surface area contributed by atoms with Gasteiger partial charge in [0.05, 0.1) is 13.2 Å². The molecule has 7 heteroatoms. The lowest BCUT2D eigenvalue weighted by Gasteiger charge is -2.15. The van der Waals surface area contributed by atoms with Crippen LogP contribution in [0, 0.1) is 0 Å². The van der Waals surface area contributed by atoms with E-state index >= 15 is 0 Å². The van der Waals surface area contributed by atoms with Gasteiger partial charge in [0, 0.05) is 20.2 Å². The molecule has 16 heavy (non-hydrogen) atoms. The van der Waals surface area contributed by atoms with E-state index in [2.05, 4.69) is 15.0 Å². The molecule has 1 saturated heterocycles. The third-order valence-electron chi connectivity index (χ3n) is 2.52. The fourth-order valence-electron chi connectivity index (χ4n) is 1.66. The van der Waals surface area contributed by atoms with Gasteiger partial charge in [-0.1, -0.05) is 0 Å². The molecule has 0 aliphatic carbocycles.